The highest BCUT2D eigenvalue weighted by atomic mass is 32.2. The number of benzene rings is 1. The minimum Gasteiger partial charge on any atom is -0.462 e. The van der Waals surface area contributed by atoms with E-state index < -0.39 is 34.1 Å². The molecule has 7 nitrogen and oxygen atoms in total. The quantitative estimate of drug-likeness (QED) is 0.702. The molecule has 3 rings (SSSR count). The van der Waals surface area contributed by atoms with E-state index in [1.165, 1.54) is 0 Å². The number of nitrogens with zero attached hydrogens (tertiary/aromatic N) is 3. The molecule has 1 aliphatic heterocycles. The summed E-state index contributed by atoms with van der Waals surface area (Å²) in [5.74, 6) is -1.74. The van der Waals surface area contributed by atoms with Gasteiger partial charge in [-0.05, 0) is 51.5 Å². The van der Waals surface area contributed by atoms with Gasteiger partial charge in [-0.15, -0.1) is 0 Å². The molecule has 1 fully saturated rings. The molecule has 0 amide bonds. The number of sulfonamides is 1. The number of nitrogens with one attached hydrogen (secondary N) is 1. The Morgan fingerprint density at radius 1 is 1.20 bits per heavy atom. The lowest BCUT2D eigenvalue weighted by Gasteiger charge is -2.35. The summed E-state index contributed by atoms with van der Waals surface area (Å²) >= 11 is 0. The molecule has 1 unspecified atom stereocenters. The molecule has 1 aromatic heterocycles. The van der Waals surface area contributed by atoms with E-state index in [0.717, 1.165) is 0 Å². The Balaban J connectivity index is 1.99. The van der Waals surface area contributed by atoms with Crippen molar-refractivity contribution in [3.63, 3.8) is 0 Å². The average molecular weight is 446 g/mol. The van der Waals surface area contributed by atoms with Gasteiger partial charge in [-0.25, -0.2) is 18.4 Å². The lowest BCUT2D eigenvalue weighted by Crippen LogP contribution is -2.46. The number of para-hydroxylation sites is 2. The van der Waals surface area contributed by atoms with Crippen molar-refractivity contribution in [3.8, 4) is 5.88 Å². The Labute approximate surface area is 173 Å². The van der Waals surface area contributed by atoms with Gasteiger partial charge < -0.3 is 9.64 Å². The highest BCUT2D eigenvalue weighted by molar-refractivity contribution is 7.92. The van der Waals surface area contributed by atoms with Crippen LogP contribution in [-0.2, 0) is 10.0 Å². The molecule has 1 N–H and O–H groups in total. The Kier molecular flexibility index (Phi) is 6.71. The highest BCUT2D eigenvalue weighted by Crippen LogP contribution is 2.36. The fraction of sp³-hybridized carbons (Fsp3) is 0.579. The van der Waals surface area contributed by atoms with E-state index >= 15 is 0 Å². The zero-order chi connectivity index (χ0) is 21.9. The molecule has 30 heavy (non-hydrogen) atoms. The van der Waals surface area contributed by atoms with E-state index in [9.17, 15) is 21.6 Å². The van der Waals surface area contributed by atoms with Crippen molar-refractivity contribution >= 4 is 26.9 Å². The number of ether oxygens (including phenoxy) is 1. The molecule has 0 saturated carbocycles. The number of fused-ring (bicyclic) bond motifs is 1. The van der Waals surface area contributed by atoms with Crippen LogP contribution in [0.3, 0.4) is 0 Å². The van der Waals surface area contributed by atoms with Crippen molar-refractivity contribution in [2.75, 3.05) is 30.6 Å². The zero-order valence-electron chi connectivity index (χ0n) is 16.8. The van der Waals surface area contributed by atoms with Crippen molar-refractivity contribution in [1.29, 1.82) is 0 Å². The van der Waals surface area contributed by atoms with Gasteiger partial charge in [0.2, 0.25) is 15.8 Å². The largest absolute Gasteiger partial charge is 0.462 e. The Morgan fingerprint density at radius 2 is 1.80 bits per heavy atom. The lowest BCUT2D eigenvalue weighted by molar-refractivity contribution is -0.214. The Bertz CT molecular complexity index is 977. The first-order valence-electron chi connectivity index (χ1n) is 9.78. The number of rotatable bonds is 7. The molecule has 0 radical (unpaired) electrons. The van der Waals surface area contributed by atoms with Crippen LogP contribution in [0.2, 0.25) is 0 Å². The minimum absolute atomic E-state index is 0.196. The summed E-state index contributed by atoms with van der Waals surface area (Å²) < 4.78 is 73.7. The molecular weight excluding hydrogens is 421 g/mol. The van der Waals surface area contributed by atoms with Crippen molar-refractivity contribution in [2.45, 2.75) is 38.5 Å². The van der Waals surface area contributed by atoms with E-state index in [4.69, 9.17) is 4.74 Å². The summed E-state index contributed by atoms with van der Waals surface area (Å²) in [5.41, 5.74) is 0.664. The van der Waals surface area contributed by atoms with Gasteiger partial charge in [-0.2, -0.15) is 13.2 Å². The SMILES string of the molecule is CCCS(=O)(=O)Nc1nc2ccccc2nc1OC(C1CCN(C)CC1)C(F)(F)F. The molecule has 166 valence electrons. The number of hydrogen-bond acceptors (Lipinski definition) is 6. The van der Waals surface area contributed by atoms with E-state index in [-0.39, 0.29) is 11.6 Å². The van der Waals surface area contributed by atoms with Crippen molar-refractivity contribution in [3.05, 3.63) is 24.3 Å². The second kappa shape index (κ2) is 8.93. The summed E-state index contributed by atoms with van der Waals surface area (Å²) in [6.45, 7) is 2.74. The molecule has 0 spiro atoms. The first-order chi connectivity index (χ1) is 14.1. The lowest BCUT2D eigenvalue weighted by atomic mass is 9.91. The summed E-state index contributed by atoms with van der Waals surface area (Å²) in [6, 6.07) is 6.53. The third kappa shape index (κ3) is 5.51. The Morgan fingerprint density at radius 3 is 2.37 bits per heavy atom. The molecule has 0 aliphatic carbocycles. The van der Waals surface area contributed by atoms with E-state index in [1.54, 1.807) is 31.2 Å². The van der Waals surface area contributed by atoms with Crippen molar-refractivity contribution in [2.24, 2.45) is 5.92 Å². The van der Waals surface area contributed by atoms with Gasteiger partial charge in [0.15, 0.2) is 6.10 Å². The van der Waals surface area contributed by atoms with Crippen LogP contribution < -0.4 is 9.46 Å². The topological polar surface area (TPSA) is 84.4 Å². The molecular formula is C19H25F3N4O3S. The molecule has 1 aliphatic rings. The third-order valence-electron chi connectivity index (χ3n) is 5.02. The maximum atomic E-state index is 13.9. The second-order valence-corrected chi connectivity index (χ2v) is 9.35. The van der Waals surface area contributed by atoms with Gasteiger partial charge in [0.1, 0.15) is 0 Å². The summed E-state index contributed by atoms with van der Waals surface area (Å²) in [6.07, 6.45) is -5.76. The van der Waals surface area contributed by atoms with Crippen molar-refractivity contribution in [1.82, 2.24) is 14.9 Å². The van der Waals surface area contributed by atoms with Gasteiger partial charge >= 0.3 is 6.18 Å². The minimum atomic E-state index is -4.63. The van der Waals surface area contributed by atoms with Crippen LogP contribution >= 0.6 is 0 Å². The normalized spacial score (nSPS) is 17.8. The number of hydrogen-bond donors (Lipinski definition) is 1. The third-order valence-corrected chi connectivity index (χ3v) is 6.47. The van der Waals surface area contributed by atoms with Crippen LogP contribution in [-0.4, -0.2) is 61.5 Å². The van der Waals surface area contributed by atoms with Crippen LogP contribution in [0.15, 0.2) is 24.3 Å². The smallest absolute Gasteiger partial charge is 0.425 e. The number of likely N-dealkylation sites (tertiary alicyclic amines) is 1. The van der Waals surface area contributed by atoms with Crippen LogP contribution in [0.4, 0.5) is 19.0 Å². The predicted octanol–water partition coefficient (Wildman–Crippen LogP) is 3.43. The van der Waals surface area contributed by atoms with Gasteiger partial charge in [0.05, 0.1) is 16.8 Å². The first-order valence-corrected chi connectivity index (χ1v) is 11.4. The average Bonchev–Trinajstić information content (AvgIpc) is 2.66. The maximum Gasteiger partial charge on any atom is 0.425 e. The van der Waals surface area contributed by atoms with E-state index in [1.807, 2.05) is 11.9 Å². The van der Waals surface area contributed by atoms with Crippen LogP contribution in [0, 0.1) is 5.92 Å². The van der Waals surface area contributed by atoms with Crippen molar-refractivity contribution < 1.29 is 26.3 Å². The molecule has 2 heterocycles. The number of piperidine rings is 1. The Hall–Kier alpha value is -2.14. The van der Waals surface area contributed by atoms with Crippen LogP contribution in [0.5, 0.6) is 5.88 Å². The monoisotopic (exact) mass is 446 g/mol. The van der Waals surface area contributed by atoms with Gasteiger partial charge in [0.25, 0.3) is 5.88 Å². The maximum absolute atomic E-state index is 13.9. The van der Waals surface area contributed by atoms with Crippen LogP contribution in [0.25, 0.3) is 11.0 Å². The molecule has 1 saturated heterocycles. The summed E-state index contributed by atoms with van der Waals surface area (Å²) in [7, 11) is -1.94. The molecule has 11 heteroatoms. The summed E-state index contributed by atoms with van der Waals surface area (Å²) in [4.78, 5) is 10.3. The number of halogens is 3. The molecule has 1 aromatic carbocycles. The first kappa shape index (κ1) is 22.5. The number of aromatic nitrogens is 2. The van der Waals surface area contributed by atoms with Gasteiger partial charge in [0, 0.05) is 5.92 Å². The molecule has 2 aromatic rings. The predicted molar refractivity (Wildman–Crippen MR) is 108 cm³/mol. The highest BCUT2D eigenvalue weighted by Gasteiger charge is 2.48. The molecule has 1 atom stereocenters. The van der Waals surface area contributed by atoms with Gasteiger partial charge in [-0.3, -0.25) is 4.72 Å². The van der Waals surface area contributed by atoms with E-state index in [0.29, 0.717) is 43.4 Å². The fourth-order valence-electron chi connectivity index (χ4n) is 3.48. The zero-order valence-corrected chi connectivity index (χ0v) is 17.6. The van der Waals surface area contributed by atoms with Crippen LogP contribution in [0.1, 0.15) is 26.2 Å². The van der Waals surface area contributed by atoms with E-state index in [2.05, 4.69) is 14.7 Å². The fourth-order valence-corrected chi connectivity index (χ4v) is 4.55. The number of anilines is 1. The number of alkyl halides is 3. The summed E-state index contributed by atoms with van der Waals surface area (Å²) in [5, 5.41) is 0. The van der Waals surface area contributed by atoms with Gasteiger partial charge in [-0.1, -0.05) is 19.1 Å². The molecule has 0 bridgehead atoms. The standard InChI is InChI=1S/C19H25F3N4O3S/c1-3-12-30(27,28)25-17-18(24-15-7-5-4-6-14(15)23-17)29-16(19(20,21)22)13-8-10-26(2)11-9-13/h4-7,13,16H,3,8-12H2,1-2H3,(H,23,25). The second-order valence-electron chi connectivity index (χ2n) is 7.51.